The highest BCUT2D eigenvalue weighted by Crippen LogP contribution is 2.31. The summed E-state index contributed by atoms with van der Waals surface area (Å²) in [4.78, 5) is 5.24. The standard InChI is InChI=1S/C15H29N3/c1-17-9-5-14(11-17)12-18-10-8-16-15(13-18)6-3-2-4-7-15/h14,16H,2-13H2,1H3. The van der Waals surface area contributed by atoms with Crippen LogP contribution in [0.3, 0.4) is 0 Å². The highest BCUT2D eigenvalue weighted by Gasteiger charge is 2.36. The van der Waals surface area contributed by atoms with Gasteiger partial charge in [-0.2, -0.15) is 0 Å². The lowest BCUT2D eigenvalue weighted by Gasteiger charge is -2.46. The lowest BCUT2D eigenvalue weighted by molar-refractivity contribution is 0.0883. The first-order chi connectivity index (χ1) is 8.76. The topological polar surface area (TPSA) is 18.5 Å². The Morgan fingerprint density at radius 1 is 1.17 bits per heavy atom. The van der Waals surface area contributed by atoms with Gasteiger partial charge in [0, 0.05) is 38.3 Å². The van der Waals surface area contributed by atoms with Gasteiger partial charge in [-0.15, -0.1) is 0 Å². The number of nitrogens with zero attached hydrogens (tertiary/aromatic N) is 2. The molecule has 3 rings (SSSR count). The molecule has 3 heteroatoms. The van der Waals surface area contributed by atoms with Crippen LogP contribution >= 0.6 is 0 Å². The van der Waals surface area contributed by atoms with Gasteiger partial charge in [0.05, 0.1) is 0 Å². The molecular weight excluding hydrogens is 222 g/mol. The van der Waals surface area contributed by atoms with Gasteiger partial charge in [0.1, 0.15) is 0 Å². The third-order valence-electron chi connectivity index (χ3n) is 5.27. The summed E-state index contributed by atoms with van der Waals surface area (Å²) in [6, 6.07) is 0. The fourth-order valence-corrected chi connectivity index (χ4v) is 4.30. The first kappa shape index (κ1) is 12.9. The molecule has 1 N–H and O–H groups in total. The van der Waals surface area contributed by atoms with Crippen molar-refractivity contribution >= 4 is 0 Å². The second kappa shape index (κ2) is 5.48. The monoisotopic (exact) mass is 251 g/mol. The minimum atomic E-state index is 0.487. The Morgan fingerprint density at radius 3 is 2.72 bits per heavy atom. The molecular formula is C15H29N3. The largest absolute Gasteiger partial charge is 0.309 e. The van der Waals surface area contributed by atoms with Crippen LogP contribution in [0.2, 0.25) is 0 Å². The van der Waals surface area contributed by atoms with Crippen molar-refractivity contribution in [3.8, 4) is 0 Å². The quantitative estimate of drug-likeness (QED) is 0.803. The molecule has 3 aliphatic rings. The van der Waals surface area contributed by atoms with E-state index in [0.717, 1.165) is 5.92 Å². The average molecular weight is 251 g/mol. The molecule has 2 saturated heterocycles. The van der Waals surface area contributed by atoms with Crippen LogP contribution in [0, 0.1) is 5.92 Å². The summed E-state index contributed by atoms with van der Waals surface area (Å²) in [5, 5.41) is 3.85. The Hall–Kier alpha value is -0.120. The van der Waals surface area contributed by atoms with E-state index in [2.05, 4.69) is 22.2 Å². The number of piperazine rings is 1. The van der Waals surface area contributed by atoms with E-state index in [9.17, 15) is 0 Å². The predicted octanol–water partition coefficient (Wildman–Crippen LogP) is 1.55. The van der Waals surface area contributed by atoms with Gasteiger partial charge in [0.25, 0.3) is 0 Å². The SMILES string of the molecule is CN1CCC(CN2CCNC3(CCCCC3)C2)C1. The Bertz CT molecular complexity index is 267. The van der Waals surface area contributed by atoms with Crippen LogP contribution in [0.4, 0.5) is 0 Å². The number of hydrogen-bond acceptors (Lipinski definition) is 3. The summed E-state index contributed by atoms with van der Waals surface area (Å²) in [5.74, 6) is 0.925. The molecule has 104 valence electrons. The minimum absolute atomic E-state index is 0.487. The number of nitrogens with one attached hydrogen (secondary N) is 1. The van der Waals surface area contributed by atoms with Gasteiger partial charge in [0.2, 0.25) is 0 Å². The highest BCUT2D eigenvalue weighted by molar-refractivity contribution is 4.97. The van der Waals surface area contributed by atoms with Gasteiger partial charge < -0.3 is 10.2 Å². The third kappa shape index (κ3) is 2.89. The van der Waals surface area contributed by atoms with E-state index in [0.29, 0.717) is 5.54 Å². The Kier molecular flexibility index (Phi) is 3.92. The van der Waals surface area contributed by atoms with Crippen LogP contribution in [-0.4, -0.2) is 61.7 Å². The van der Waals surface area contributed by atoms with Crippen LogP contribution in [-0.2, 0) is 0 Å². The molecule has 3 nitrogen and oxygen atoms in total. The van der Waals surface area contributed by atoms with Gasteiger partial charge in [0.15, 0.2) is 0 Å². The molecule has 1 atom stereocenters. The number of likely N-dealkylation sites (tertiary alicyclic amines) is 1. The molecule has 1 spiro atoms. The van der Waals surface area contributed by atoms with Gasteiger partial charge in [-0.1, -0.05) is 19.3 Å². The molecule has 0 radical (unpaired) electrons. The second-order valence-electron chi connectivity index (χ2n) is 6.92. The average Bonchev–Trinajstić information content (AvgIpc) is 2.76. The van der Waals surface area contributed by atoms with Crippen LogP contribution in [0.15, 0.2) is 0 Å². The maximum Gasteiger partial charge on any atom is 0.0309 e. The van der Waals surface area contributed by atoms with E-state index in [1.165, 1.54) is 77.8 Å². The Morgan fingerprint density at radius 2 is 2.00 bits per heavy atom. The maximum atomic E-state index is 3.85. The highest BCUT2D eigenvalue weighted by atomic mass is 15.2. The normalized spacial score (nSPS) is 34.2. The maximum absolute atomic E-state index is 3.85. The van der Waals surface area contributed by atoms with Crippen molar-refractivity contribution in [2.24, 2.45) is 5.92 Å². The fraction of sp³-hybridized carbons (Fsp3) is 1.00. The number of rotatable bonds is 2. The van der Waals surface area contributed by atoms with Crippen LogP contribution < -0.4 is 5.32 Å². The zero-order chi connectivity index (χ0) is 12.4. The molecule has 1 aliphatic carbocycles. The van der Waals surface area contributed by atoms with Crippen molar-refractivity contribution in [2.75, 3.05) is 46.3 Å². The van der Waals surface area contributed by atoms with E-state index in [1.807, 2.05) is 0 Å². The van der Waals surface area contributed by atoms with Gasteiger partial charge in [-0.3, -0.25) is 4.90 Å². The lowest BCUT2D eigenvalue weighted by Crippen LogP contribution is -2.61. The van der Waals surface area contributed by atoms with Crippen molar-refractivity contribution in [1.82, 2.24) is 15.1 Å². The van der Waals surface area contributed by atoms with E-state index in [1.54, 1.807) is 0 Å². The fourth-order valence-electron chi connectivity index (χ4n) is 4.30. The summed E-state index contributed by atoms with van der Waals surface area (Å²) >= 11 is 0. The Balaban J connectivity index is 1.53. The van der Waals surface area contributed by atoms with Gasteiger partial charge in [-0.05, 0) is 38.8 Å². The molecule has 2 heterocycles. The molecule has 3 fully saturated rings. The smallest absolute Gasteiger partial charge is 0.0309 e. The number of hydrogen-bond donors (Lipinski definition) is 1. The van der Waals surface area contributed by atoms with E-state index >= 15 is 0 Å². The van der Waals surface area contributed by atoms with Crippen molar-refractivity contribution in [3.63, 3.8) is 0 Å². The van der Waals surface area contributed by atoms with Crippen LogP contribution in [0.1, 0.15) is 38.5 Å². The summed E-state index contributed by atoms with van der Waals surface area (Å²) in [6.07, 6.45) is 8.56. The van der Waals surface area contributed by atoms with Crippen molar-refractivity contribution in [2.45, 2.75) is 44.1 Å². The molecule has 18 heavy (non-hydrogen) atoms. The molecule has 1 saturated carbocycles. The van der Waals surface area contributed by atoms with E-state index in [4.69, 9.17) is 0 Å². The summed E-state index contributed by atoms with van der Waals surface area (Å²) in [6.45, 7) is 7.75. The molecule has 0 aromatic carbocycles. The van der Waals surface area contributed by atoms with Gasteiger partial charge >= 0.3 is 0 Å². The lowest BCUT2D eigenvalue weighted by atomic mass is 9.80. The van der Waals surface area contributed by atoms with Crippen LogP contribution in [0.5, 0.6) is 0 Å². The molecule has 0 bridgehead atoms. The third-order valence-corrected chi connectivity index (χ3v) is 5.27. The predicted molar refractivity (Wildman–Crippen MR) is 75.9 cm³/mol. The van der Waals surface area contributed by atoms with Crippen LogP contribution in [0.25, 0.3) is 0 Å². The minimum Gasteiger partial charge on any atom is -0.309 e. The van der Waals surface area contributed by atoms with Crippen molar-refractivity contribution in [1.29, 1.82) is 0 Å². The van der Waals surface area contributed by atoms with E-state index < -0.39 is 0 Å². The molecule has 2 aliphatic heterocycles. The summed E-state index contributed by atoms with van der Waals surface area (Å²) in [7, 11) is 2.26. The first-order valence-electron chi connectivity index (χ1n) is 7.92. The molecule has 1 unspecified atom stereocenters. The Labute approximate surface area is 112 Å². The molecule has 0 aromatic heterocycles. The van der Waals surface area contributed by atoms with E-state index in [-0.39, 0.29) is 0 Å². The summed E-state index contributed by atoms with van der Waals surface area (Å²) in [5.41, 5.74) is 0.487. The first-order valence-corrected chi connectivity index (χ1v) is 7.92. The zero-order valence-corrected chi connectivity index (χ0v) is 12.0. The van der Waals surface area contributed by atoms with Gasteiger partial charge in [-0.25, -0.2) is 0 Å². The molecule has 0 aromatic rings. The second-order valence-corrected chi connectivity index (χ2v) is 6.92. The zero-order valence-electron chi connectivity index (χ0n) is 12.0. The van der Waals surface area contributed by atoms with Crippen molar-refractivity contribution in [3.05, 3.63) is 0 Å². The molecule has 0 amide bonds. The van der Waals surface area contributed by atoms with Crippen molar-refractivity contribution < 1.29 is 0 Å². The summed E-state index contributed by atoms with van der Waals surface area (Å²) < 4.78 is 0.